The lowest BCUT2D eigenvalue weighted by molar-refractivity contribution is 0.0601. The van der Waals surface area contributed by atoms with Gasteiger partial charge in [0.1, 0.15) is 5.69 Å². The fourth-order valence-corrected chi connectivity index (χ4v) is 2.85. The zero-order valence-electron chi connectivity index (χ0n) is 11.4. The van der Waals surface area contributed by atoms with Crippen LogP contribution in [0.1, 0.15) is 16.1 Å². The van der Waals surface area contributed by atoms with Gasteiger partial charge in [0.05, 0.1) is 18.2 Å². The highest BCUT2D eigenvalue weighted by atomic mass is 35.6. The molecule has 0 N–H and O–H groups in total. The van der Waals surface area contributed by atoms with Gasteiger partial charge in [-0.15, -0.1) is 0 Å². The summed E-state index contributed by atoms with van der Waals surface area (Å²) in [7, 11) is 1.32. The zero-order valence-corrected chi connectivity index (χ0v) is 13.7. The Hall–Kier alpha value is -1.55. The fraction of sp³-hybridized carbons (Fsp3) is 0.125. The van der Waals surface area contributed by atoms with Gasteiger partial charge >= 0.3 is 5.97 Å². The third-order valence-electron chi connectivity index (χ3n) is 3.39. The van der Waals surface area contributed by atoms with Crippen LogP contribution in [-0.2, 0) is 8.53 Å². The van der Waals surface area contributed by atoms with Crippen LogP contribution in [0.15, 0.2) is 42.5 Å². The van der Waals surface area contributed by atoms with Crippen molar-refractivity contribution in [2.75, 3.05) is 7.11 Å². The van der Waals surface area contributed by atoms with Crippen molar-refractivity contribution in [2.24, 2.45) is 0 Å². The molecule has 3 aromatic rings. The second-order valence-corrected chi connectivity index (χ2v) is 7.01. The first-order chi connectivity index (χ1) is 10.4. The second kappa shape index (κ2) is 5.58. The summed E-state index contributed by atoms with van der Waals surface area (Å²) in [5, 5.41) is 2.40. The Bertz CT molecular complexity index is 888. The first-order valence-electron chi connectivity index (χ1n) is 6.40. The van der Waals surface area contributed by atoms with Gasteiger partial charge in [0.2, 0.25) is 3.79 Å². The summed E-state index contributed by atoms with van der Waals surface area (Å²) in [6, 6.07) is 12.7. The molecule has 0 atom stereocenters. The number of hydrogen-bond donors (Lipinski definition) is 0. The van der Waals surface area contributed by atoms with Gasteiger partial charge in [-0.2, -0.15) is 0 Å². The summed E-state index contributed by atoms with van der Waals surface area (Å²) in [5.74, 6) is -0.453. The molecule has 0 aliphatic heterocycles. The number of methoxy groups -OCH3 is 1. The number of carbonyl (C=O) groups excluding carboxylic acids is 1. The standard InChI is InChI=1S/C16H10Cl3NO2/c1-22-15(21)9-6-7-10-11-4-2-3-5-13(11)20-14(12(10)8-9)16(17,18)19/h2-8H,1H3. The number of esters is 1. The molecular formula is C16H10Cl3NO2. The second-order valence-electron chi connectivity index (χ2n) is 4.73. The van der Waals surface area contributed by atoms with Gasteiger partial charge < -0.3 is 4.74 Å². The smallest absolute Gasteiger partial charge is 0.337 e. The van der Waals surface area contributed by atoms with Crippen LogP contribution < -0.4 is 0 Å². The van der Waals surface area contributed by atoms with E-state index in [9.17, 15) is 4.79 Å². The number of hydrogen-bond acceptors (Lipinski definition) is 3. The van der Waals surface area contributed by atoms with E-state index >= 15 is 0 Å². The van der Waals surface area contributed by atoms with Gasteiger partial charge in [-0.3, -0.25) is 0 Å². The minimum atomic E-state index is -1.70. The maximum Gasteiger partial charge on any atom is 0.337 e. The first kappa shape index (κ1) is 15.3. The van der Waals surface area contributed by atoms with Crippen LogP contribution >= 0.6 is 34.8 Å². The van der Waals surface area contributed by atoms with Crippen LogP contribution in [0.4, 0.5) is 0 Å². The zero-order chi connectivity index (χ0) is 15.9. The molecule has 1 aromatic heterocycles. The number of aromatic nitrogens is 1. The van der Waals surface area contributed by atoms with E-state index in [4.69, 9.17) is 39.5 Å². The predicted molar refractivity (Wildman–Crippen MR) is 89.8 cm³/mol. The van der Waals surface area contributed by atoms with Crippen molar-refractivity contribution in [3.05, 3.63) is 53.7 Å². The van der Waals surface area contributed by atoms with Gasteiger partial charge in [-0.25, -0.2) is 9.78 Å². The highest BCUT2D eigenvalue weighted by Gasteiger charge is 2.28. The summed E-state index contributed by atoms with van der Waals surface area (Å²) in [6.07, 6.45) is 0. The van der Waals surface area contributed by atoms with E-state index in [0.29, 0.717) is 10.9 Å². The van der Waals surface area contributed by atoms with Crippen molar-refractivity contribution in [1.82, 2.24) is 4.98 Å². The Kier molecular flexibility index (Phi) is 3.89. The summed E-state index contributed by atoms with van der Waals surface area (Å²) in [4.78, 5) is 16.2. The van der Waals surface area contributed by atoms with E-state index in [-0.39, 0.29) is 5.69 Å². The Morgan fingerprint density at radius 3 is 2.45 bits per heavy atom. The molecule has 0 fully saturated rings. The molecule has 0 amide bonds. The predicted octanol–water partition coefficient (Wildman–Crippen LogP) is 5.00. The van der Waals surface area contributed by atoms with Crippen molar-refractivity contribution in [3.63, 3.8) is 0 Å². The van der Waals surface area contributed by atoms with Crippen molar-refractivity contribution < 1.29 is 9.53 Å². The van der Waals surface area contributed by atoms with Crippen molar-refractivity contribution in [3.8, 4) is 0 Å². The number of ether oxygens (including phenoxy) is 1. The van der Waals surface area contributed by atoms with E-state index in [2.05, 4.69) is 4.98 Å². The molecule has 2 aromatic carbocycles. The lowest BCUT2D eigenvalue weighted by atomic mass is 10.0. The Labute approximate surface area is 141 Å². The number of rotatable bonds is 1. The fourth-order valence-electron chi connectivity index (χ4n) is 2.42. The first-order valence-corrected chi connectivity index (χ1v) is 7.53. The number of alkyl halides is 3. The Morgan fingerprint density at radius 1 is 1.05 bits per heavy atom. The van der Waals surface area contributed by atoms with Crippen LogP contribution in [0.5, 0.6) is 0 Å². The topological polar surface area (TPSA) is 39.2 Å². The third-order valence-corrected chi connectivity index (χ3v) is 3.93. The minimum Gasteiger partial charge on any atom is -0.465 e. The average molecular weight is 355 g/mol. The molecule has 0 aliphatic rings. The number of nitrogens with zero attached hydrogens (tertiary/aromatic N) is 1. The van der Waals surface area contributed by atoms with E-state index in [1.165, 1.54) is 7.11 Å². The number of carbonyl (C=O) groups is 1. The Balaban J connectivity index is 2.44. The molecule has 3 nitrogen and oxygen atoms in total. The van der Waals surface area contributed by atoms with Crippen molar-refractivity contribution in [1.29, 1.82) is 0 Å². The molecule has 0 saturated heterocycles. The van der Waals surface area contributed by atoms with E-state index < -0.39 is 9.76 Å². The molecule has 6 heteroatoms. The number of fused-ring (bicyclic) bond motifs is 3. The van der Waals surface area contributed by atoms with Gasteiger partial charge in [-0.05, 0) is 23.6 Å². The maximum absolute atomic E-state index is 11.7. The van der Waals surface area contributed by atoms with Gasteiger partial charge in [-0.1, -0.05) is 59.1 Å². The molecule has 0 unspecified atom stereocenters. The summed E-state index contributed by atoms with van der Waals surface area (Å²) < 4.78 is 3.04. The molecule has 0 aliphatic carbocycles. The van der Waals surface area contributed by atoms with Crippen LogP contribution in [0, 0.1) is 0 Å². The summed E-state index contributed by atoms with van der Waals surface area (Å²) >= 11 is 18.2. The molecule has 0 bridgehead atoms. The van der Waals surface area contributed by atoms with Gasteiger partial charge in [0.25, 0.3) is 0 Å². The van der Waals surface area contributed by atoms with E-state index in [1.807, 2.05) is 30.3 Å². The van der Waals surface area contributed by atoms with Gasteiger partial charge in [0.15, 0.2) is 0 Å². The van der Waals surface area contributed by atoms with Crippen LogP contribution in [0.2, 0.25) is 0 Å². The molecule has 0 spiro atoms. The molecule has 22 heavy (non-hydrogen) atoms. The monoisotopic (exact) mass is 353 g/mol. The van der Waals surface area contributed by atoms with Crippen LogP contribution in [-0.4, -0.2) is 18.1 Å². The van der Waals surface area contributed by atoms with E-state index in [0.717, 1.165) is 16.3 Å². The quantitative estimate of drug-likeness (QED) is 0.351. The Morgan fingerprint density at radius 2 is 1.77 bits per heavy atom. The highest BCUT2D eigenvalue weighted by Crippen LogP contribution is 2.42. The molecule has 0 radical (unpaired) electrons. The SMILES string of the molecule is COC(=O)c1ccc2c(c1)c(C(Cl)(Cl)Cl)nc1ccccc12. The average Bonchev–Trinajstić information content (AvgIpc) is 2.51. The van der Waals surface area contributed by atoms with Crippen molar-refractivity contribution >= 4 is 62.4 Å². The maximum atomic E-state index is 11.7. The number of pyridine rings is 1. The van der Waals surface area contributed by atoms with E-state index in [1.54, 1.807) is 12.1 Å². The molecular weight excluding hydrogens is 345 g/mol. The molecule has 0 saturated carbocycles. The van der Waals surface area contributed by atoms with Gasteiger partial charge in [0, 0.05) is 10.8 Å². The van der Waals surface area contributed by atoms with Crippen molar-refractivity contribution in [2.45, 2.75) is 3.79 Å². The van der Waals surface area contributed by atoms with Crippen LogP contribution in [0.25, 0.3) is 21.7 Å². The number of halogens is 3. The lowest BCUT2D eigenvalue weighted by Crippen LogP contribution is -2.07. The largest absolute Gasteiger partial charge is 0.465 e. The summed E-state index contributed by atoms with van der Waals surface area (Å²) in [5.41, 5.74) is 1.39. The molecule has 3 rings (SSSR count). The highest BCUT2D eigenvalue weighted by molar-refractivity contribution is 6.67. The molecule has 112 valence electrons. The van der Waals surface area contributed by atoms with Crippen LogP contribution in [0.3, 0.4) is 0 Å². The molecule has 1 heterocycles. The number of para-hydroxylation sites is 1. The lowest BCUT2D eigenvalue weighted by Gasteiger charge is -2.16. The minimum absolute atomic E-state index is 0.289. The summed E-state index contributed by atoms with van der Waals surface area (Å²) in [6.45, 7) is 0. The third kappa shape index (κ3) is 2.60. The normalized spacial score (nSPS) is 11.8. The number of benzene rings is 2.